The van der Waals surface area contributed by atoms with Crippen LogP contribution in [0.25, 0.3) is 11.1 Å². The van der Waals surface area contributed by atoms with E-state index in [1.807, 2.05) is 24.0 Å². The Morgan fingerprint density at radius 2 is 1.62 bits per heavy atom. The molecule has 4 aromatic rings. The maximum absolute atomic E-state index is 14.8. The van der Waals surface area contributed by atoms with Crippen molar-refractivity contribution in [3.8, 4) is 22.6 Å². The van der Waals surface area contributed by atoms with E-state index >= 15 is 0 Å². The van der Waals surface area contributed by atoms with Crippen molar-refractivity contribution in [2.24, 2.45) is 5.73 Å². The van der Waals surface area contributed by atoms with Crippen LogP contribution in [0.2, 0.25) is 0 Å². The molecule has 48 heavy (non-hydrogen) atoms. The van der Waals surface area contributed by atoms with Crippen LogP contribution in [0, 0.1) is 0 Å². The molecule has 252 valence electrons. The minimum Gasteiger partial charge on any atom is -0.456 e. The van der Waals surface area contributed by atoms with Crippen LogP contribution in [0.15, 0.2) is 101 Å². The normalized spacial score (nSPS) is 17.5. The van der Waals surface area contributed by atoms with E-state index in [4.69, 9.17) is 10.5 Å². The third-order valence-corrected chi connectivity index (χ3v) is 10.8. The van der Waals surface area contributed by atoms with Gasteiger partial charge in [0, 0.05) is 18.7 Å². The van der Waals surface area contributed by atoms with Gasteiger partial charge in [-0.25, -0.2) is 8.42 Å². The Bertz CT molecular complexity index is 1900. The summed E-state index contributed by atoms with van der Waals surface area (Å²) >= 11 is 0. The summed E-state index contributed by atoms with van der Waals surface area (Å²) in [5.41, 5.74) is 9.13. The average molecular weight is 678 g/mol. The molecule has 0 spiro atoms. The van der Waals surface area contributed by atoms with Crippen LogP contribution in [0.5, 0.6) is 11.5 Å². The first-order valence-corrected chi connectivity index (χ1v) is 17.7. The number of rotatable bonds is 10. The van der Waals surface area contributed by atoms with Crippen molar-refractivity contribution in [3.63, 3.8) is 0 Å². The first kappa shape index (κ1) is 33.5. The van der Waals surface area contributed by atoms with E-state index in [2.05, 4.69) is 0 Å². The fourth-order valence-corrected chi connectivity index (χ4v) is 8.37. The summed E-state index contributed by atoms with van der Waals surface area (Å²) in [4.78, 5) is 17.0. The molecule has 0 bridgehead atoms. The highest BCUT2D eigenvalue weighted by molar-refractivity contribution is 7.91. The number of fused-ring (bicyclic) bond motifs is 3. The zero-order valence-electron chi connectivity index (χ0n) is 26.6. The lowest BCUT2D eigenvalue weighted by molar-refractivity contribution is -0.161. The molecule has 2 aliphatic rings. The minimum absolute atomic E-state index is 0.0794. The van der Waals surface area contributed by atoms with Crippen LogP contribution < -0.4 is 15.4 Å². The van der Waals surface area contributed by atoms with Gasteiger partial charge in [-0.3, -0.25) is 4.79 Å². The number of nitrogens with zero attached hydrogens (tertiary/aromatic N) is 2. The first-order valence-electron chi connectivity index (χ1n) is 16.2. The number of alkyl halides is 3. The van der Waals surface area contributed by atoms with E-state index in [1.165, 1.54) is 12.1 Å². The molecule has 2 N–H and O–H groups in total. The Kier molecular flexibility index (Phi) is 9.53. The van der Waals surface area contributed by atoms with E-state index in [-0.39, 0.29) is 27.8 Å². The molecule has 2 unspecified atom stereocenters. The second-order valence-corrected chi connectivity index (χ2v) is 14.1. The van der Waals surface area contributed by atoms with Gasteiger partial charge in [-0.05, 0) is 72.7 Å². The van der Waals surface area contributed by atoms with Crippen molar-refractivity contribution < 1.29 is 31.1 Å². The van der Waals surface area contributed by atoms with Crippen molar-refractivity contribution in [2.45, 2.75) is 67.1 Å². The molecule has 1 heterocycles. The van der Waals surface area contributed by atoms with E-state index in [9.17, 15) is 26.4 Å². The Labute approximate surface area is 279 Å². The molecule has 7 nitrogen and oxygen atoms in total. The fraction of sp³-hybridized carbons (Fsp3) is 0.324. The summed E-state index contributed by atoms with van der Waals surface area (Å²) < 4.78 is 77.4. The smallest absolute Gasteiger partial charge is 0.406 e. The maximum Gasteiger partial charge on any atom is 0.406 e. The van der Waals surface area contributed by atoms with Gasteiger partial charge < -0.3 is 20.3 Å². The van der Waals surface area contributed by atoms with Crippen LogP contribution in [0.1, 0.15) is 56.1 Å². The van der Waals surface area contributed by atoms with Gasteiger partial charge in [0.1, 0.15) is 22.9 Å². The van der Waals surface area contributed by atoms with Crippen LogP contribution >= 0.6 is 0 Å². The third kappa shape index (κ3) is 6.53. The summed E-state index contributed by atoms with van der Waals surface area (Å²) in [6.07, 6.45) is -2.05. The number of nitrogens with two attached hydrogens (primary N) is 1. The van der Waals surface area contributed by atoms with Crippen LogP contribution in [0.4, 0.5) is 18.9 Å². The van der Waals surface area contributed by atoms with Gasteiger partial charge >= 0.3 is 6.18 Å². The maximum atomic E-state index is 14.8. The number of para-hydroxylation sites is 2. The Morgan fingerprint density at radius 1 is 0.917 bits per heavy atom. The van der Waals surface area contributed by atoms with Gasteiger partial charge in [-0.15, -0.1) is 0 Å². The van der Waals surface area contributed by atoms with Crippen LogP contribution in [-0.2, 0) is 14.6 Å². The van der Waals surface area contributed by atoms with Gasteiger partial charge in [-0.2, -0.15) is 13.2 Å². The number of sulfone groups is 1. The van der Waals surface area contributed by atoms with Gasteiger partial charge in [0.15, 0.2) is 0 Å². The molecule has 6 rings (SSSR count). The van der Waals surface area contributed by atoms with E-state index in [1.54, 1.807) is 66.7 Å². The molecule has 0 aromatic heterocycles. The Hall–Kier alpha value is -4.35. The molecule has 1 aliphatic carbocycles. The molecule has 0 saturated carbocycles. The summed E-state index contributed by atoms with van der Waals surface area (Å²) in [6, 6.07) is 25.4. The summed E-state index contributed by atoms with van der Waals surface area (Å²) in [7, 11) is -4.34. The van der Waals surface area contributed by atoms with Crippen molar-refractivity contribution in [3.05, 3.63) is 102 Å². The second kappa shape index (κ2) is 13.6. The van der Waals surface area contributed by atoms with Gasteiger partial charge in [0.25, 0.3) is 0 Å². The summed E-state index contributed by atoms with van der Waals surface area (Å²) in [6.45, 7) is 0.786. The monoisotopic (exact) mass is 677 g/mol. The van der Waals surface area contributed by atoms with Crippen molar-refractivity contribution >= 4 is 21.4 Å². The van der Waals surface area contributed by atoms with Crippen molar-refractivity contribution in [2.75, 3.05) is 24.5 Å². The van der Waals surface area contributed by atoms with Gasteiger partial charge in [0.2, 0.25) is 15.7 Å². The predicted octanol–water partition coefficient (Wildman–Crippen LogP) is 7.89. The lowest BCUT2D eigenvalue weighted by atomic mass is 9.92. The summed E-state index contributed by atoms with van der Waals surface area (Å²) in [5.74, 6) is -1.32. The number of halogens is 3. The highest BCUT2D eigenvalue weighted by atomic mass is 32.2. The highest BCUT2D eigenvalue weighted by Gasteiger charge is 2.44. The SMILES string of the molecule is CCCCN(CC(F)(F)F)C(=O)C1c2ccccc2-c2ccc(S(=O)(=O)c3ccccc3Oc3ccccc3)c(N3CCCCC3N)c21. The zero-order chi connectivity index (χ0) is 34.1. The Balaban J connectivity index is 1.58. The molecule has 2 atom stereocenters. The quantitative estimate of drug-likeness (QED) is 0.184. The van der Waals surface area contributed by atoms with Crippen LogP contribution in [-0.4, -0.2) is 51.2 Å². The standard InChI is InChI=1S/C37H38F3N3O4S/c1-2-3-22-42(24-37(38,39)40)36(44)34-27-16-8-7-15-26(27)28-20-21-31(35(33(28)34)43-23-12-11-19-32(43)41)48(45,46)30-18-10-9-17-29(30)47-25-13-5-4-6-14-25/h4-10,13-18,20-21,32,34H,2-3,11-12,19,22-24,41H2,1H3. The second-order valence-electron chi connectivity index (χ2n) is 12.2. The number of carbonyl (C=O) groups is 1. The van der Waals surface area contributed by atoms with Gasteiger partial charge in [0.05, 0.1) is 22.7 Å². The van der Waals surface area contributed by atoms with E-state index < -0.39 is 40.5 Å². The van der Waals surface area contributed by atoms with E-state index in [0.29, 0.717) is 53.8 Å². The topological polar surface area (TPSA) is 92.9 Å². The van der Waals surface area contributed by atoms with Crippen molar-refractivity contribution in [1.82, 2.24) is 4.90 Å². The van der Waals surface area contributed by atoms with Crippen molar-refractivity contribution in [1.29, 1.82) is 0 Å². The molecule has 1 aliphatic heterocycles. The van der Waals surface area contributed by atoms with E-state index in [0.717, 1.165) is 17.7 Å². The predicted molar refractivity (Wildman–Crippen MR) is 179 cm³/mol. The molecular weight excluding hydrogens is 639 g/mol. The molecular formula is C37H38F3N3O4S. The molecule has 4 aromatic carbocycles. The molecule has 0 radical (unpaired) electrons. The third-order valence-electron chi connectivity index (χ3n) is 8.98. The van der Waals surface area contributed by atoms with Crippen LogP contribution in [0.3, 0.4) is 0 Å². The summed E-state index contributed by atoms with van der Waals surface area (Å²) in [5, 5.41) is 0. The minimum atomic E-state index is -4.62. The molecule has 1 fully saturated rings. The number of anilines is 1. The largest absolute Gasteiger partial charge is 0.456 e. The number of hydrogen-bond donors (Lipinski definition) is 1. The lowest BCUT2D eigenvalue weighted by Crippen LogP contribution is -2.47. The number of benzene rings is 4. The number of unbranched alkanes of at least 4 members (excludes halogenated alkanes) is 1. The lowest BCUT2D eigenvalue weighted by Gasteiger charge is -2.38. The first-order chi connectivity index (χ1) is 23.0. The van der Waals surface area contributed by atoms with Gasteiger partial charge in [-0.1, -0.05) is 74.0 Å². The number of ether oxygens (including phenoxy) is 1. The Morgan fingerprint density at radius 3 is 2.35 bits per heavy atom. The fourth-order valence-electron chi connectivity index (χ4n) is 6.77. The number of carbonyl (C=O) groups excluding carboxylic acids is 1. The zero-order valence-corrected chi connectivity index (χ0v) is 27.4. The number of hydrogen-bond acceptors (Lipinski definition) is 6. The number of piperidine rings is 1. The highest BCUT2D eigenvalue weighted by Crippen LogP contribution is 2.53. The average Bonchev–Trinajstić information content (AvgIpc) is 3.41. The number of amides is 1. The molecule has 1 amide bonds. The molecule has 1 saturated heterocycles. The molecule has 11 heteroatoms.